The van der Waals surface area contributed by atoms with E-state index < -0.39 is 12.0 Å². The van der Waals surface area contributed by atoms with E-state index in [1.807, 2.05) is 49.6 Å². The van der Waals surface area contributed by atoms with Gasteiger partial charge in [-0.05, 0) is 72.4 Å². The lowest BCUT2D eigenvalue weighted by molar-refractivity contribution is -0.139. The summed E-state index contributed by atoms with van der Waals surface area (Å²) in [5.74, 6) is 0.280. The molecule has 0 aliphatic heterocycles. The molecule has 1 aliphatic carbocycles. The Morgan fingerprint density at radius 3 is 2.53 bits per heavy atom. The molecule has 0 saturated heterocycles. The summed E-state index contributed by atoms with van der Waals surface area (Å²) in [4.78, 5) is 24.9. The van der Waals surface area contributed by atoms with E-state index in [0.29, 0.717) is 17.7 Å². The number of nitrogens with one attached hydrogen (secondary N) is 1. The molecule has 5 heteroatoms. The zero-order chi connectivity index (χ0) is 24.3. The number of rotatable bonds is 12. The van der Waals surface area contributed by atoms with Gasteiger partial charge in [0.2, 0.25) is 0 Å². The second kappa shape index (κ2) is 13.6. The zero-order valence-electron chi connectivity index (χ0n) is 20.6. The molecule has 0 radical (unpaired) electrons. The fraction of sp³-hybridized carbons (Fsp3) is 0.517. The summed E-state index contributed by atoms with van der Waals surface area (Å²) in [6.07, 6.45) is 14.1. The smallest absolute Gasteiger partial charge is 0.326 e. The van der Waals surface area contributed by atoms with Crippen LogP contribution < -0.4 is 5.32 Å². The highest BCUT2D eigenvalue weighted by Gasteiger charge is 2.22. The van der Waals surface area contributed by atoms with Crippen LogP contribution in [0.2, 0.25) is 0 Å². The van der Waals surface area contributed by atoms with Crippen molar-refractivity contribution in [2.45, 2.75) is 77.2 Å². The van der Waals surface area contributed by atoms with E-state index >= 15 is 0 Å². The van der Waals surface area contributed by atoms with E-state index in [0.717, 1.165) is 35.4 Å². The van der Waals surface area contributed by atoms with Crippen LogP contribution in [-0.2, 0) is 11.2 Å². The van der Waals surface area contributed by atoms with E-state index in [-0.39, 0.29) is 5.91 Å². The Labute approximate surface area is 208 Å². The van der Waals surface area contributed by atoms with E-state index in [1.165, 1.54) is 50.5 Å². The van der Waals surface area contributed by atoms with Crippen molar-refractivity contribution in [3.05, 3.63) is 59.2 Å². The van der Waals surface area contributed by atoms with Gasteiger partial charge in [0, 0.05) is 5.56 Å². The average Bonchev–Trinajstić information content (AvgIpc) is 2.85. The van der Waals surface area contributed by atoms with Gasteiger partial charge < -0.3 is 10.4 Å². The Morgan fingerprint density at radius 1 is 1.06 bits per heavy atom. The molecule has 0 spiro atoms. The third-order valence-electron chi connectivity index (χ3n) is 7.03. The second-order valence-corrected chi connectivity index (χ2v) is 10.6. The first kappa shape index (κ1) is 26.3. The van der Waals surface area contributed by atoms with Gasteiger partial charge in [-0.15, -0.1) is 0 Å². The van der Waals surface area contributed by atoms with Crippen LogP contribution in [0.5, 0.6) is 0 Å². The number of amides is 1. The number of aryl methyl sites for hydroxylation is 2. The molecule has 0 heterocycles. The van der Waals surface area contributed by atoms with Crippen LogP contribution in [0.3, 0.4) is 0 Å². The van der Waals surface area contributed by atoms with Crippen molar-refractivity contribution < 1.29 is 14.7 Å². The molecular weight excluding hydrogens is 442 g/mol. The maximum absolute atomic E-state index is 13.2. The van der Waals surface area contributed by atoms with Gasteiger partial charge in [-0.2, -0.15) is 11.8 Å². The summed E-state index contributed by atoms with van der Waals surface area (Å²) >= 11 is 1.58. The third-order valence-corrected chi connectivity index (χ3v) is 7.67. The predicted octanol–water partition coefficient (Wildman–Crippen LogP) is 6.89. The minimum atomic E-state index is -0.991. The lowest BCUT2D eigenvalue weighted by Gasteiger charge is -2.21. The van der Waals surface area contributed by atoms with E-state index in [4.69, 9.17) is 0 Å². The summed E-state index contributed by atoms with van der Waals surface area (Å²) in [5.41, 5.74) is 4.77. The van der Waals surface area contributed by atoms with Gasteiger partial charge in [0.15, 0.2) is 0 Å². The van der Waals surface area contributed by atoms with E-state index in [1.54, 1.807) is 11.8 Å². The summed E-state index contributed by atoms with van der Waals surface area (Å²) in [5, 5.41) is 12.3. The maximum atomic E-state index is 13.2. The molecule has 1 atom stereocenters. The van der Waals surface area contributed by atoms with Crippen LogP contribution >= 0.6 is 11.8 Å². The van der Waals surface area contributed by atoms with Gasteiger partial charge >= 0.3 is 5.97 Å². The van der Waals surface area contributed by atoms with Crippen molar-refractivity contribution in [2.24, 2.45) is 5.92 Å². The predicted molar refractivity (Wildman–Crippen MR) is 143 cm³/mol. The topological polar surface area (TPSA) is 66.4 Å². The Kier molecular flexibility index (Phi) is 10.5. The van der Waals surface area contributed by atoms with Gasteiger partial charge in [-0.25, -0.2) is 4.79 Å². The van der Waals surface area contributed by atoms with Crippen LogP contribution in [0.1, 0.15) is 79.3 Å². The summed E-state index contributed by atoms with van der Waals surface area (Å²) in [7, 11) is 0. The van der Waals surface area contributed by atoms with Gasteiger partial charge in [-0.1, -0.05) is 81.3 Å². The first-order chi connectivity index (χ1) is 16.5. The monoisotopic (exact) mass is 481 g/mol. The molecule has 2 aromatic rings. The van der Waals surface area contributed by atoms with Gasteiger partial charge in [0.05, 0.1) is 0 Å². The Balaban J connectivity index is 1.75. The fourth-order valence-corrected chi connectivity index (χ4v) is 5.48. The van der Waals surface area contributed by atoms with Crippen LogP contribution in [0, 0.1) is 12.8 Å². The first-order valence-electron chi connectivity index (χ1n) is 12.7. The molecule has 1 fully saturated rings. The number of carbonyl (C=O) groups excluding carboxylic acids is 1. The van der Waals surface area contributed by atoms with Crippen LogP contribution in [0.4, 0.5) is 0 Å². The molecule has 0 bridgehead atoms. The highest BCUT2D eigenvalue weighted by Crippen LogP contribution is 2.30. The molecule has 2 N–H and O–H groups in total. The highest BCUT2D eigenvalue weighted by molar-refractivity contribution is 7.98. The van der Waals surface area contributed by atoms with E-state index in [2.05, 4.69) is 11.4 Å². The Morgan fingerprint density at radius 2 is 1.82 bits per heavy atom. The quantitative estimate of drug-likeness (QED) is 0.324. The van der Waals surface area contributed by atoms with Crippen molar-refractivity contribution in [2.75, 3.05) is 12.0 Å². The number of thioether (sulfide) groups is 1. The standard InChI is InChI=1S/C29H39NO3S/c1-21-10-6-9-15-24(21)26-20-23(14-8-7-13-22-11-4-3-5-12-22)16-17-25(26)28(31)30-27(29(32)33)18-19-34-2/h6,9-10,15-17,20,22,27H,3-5,7-8,11-14,18-19H2,1-2H3,(H,30,31)(H,32,33). The Bertz CT molecular complexity index is 952. The zero-order valence-corrected chi connectivity index (χ0v) is 21.5. The number of aliphatic carboxylic acids is 1. The maximum Gasteiger partial charge on any atom is 0.326 e. The molecule has 1 aliphatic rings. The third kappa shape index (κ3) is 7.63. The van der Waals surface area contributed by atoms with Crippen molar-refractivity contribution in [1.82, 2.24) is 5.32 Å². The molecule has 34 heavy (non-hydrogen) atoms. The van der Waals surface area contributed by atoms with Crippen molar-refractivity contribution in [3.8, 4) is 11.1 Å². The van der Waals surface area contributed by atoms with Crippen molar-refractivity contribution in [3.63, 3.8) is 0 Å². The minimum absolute atomic E-state index is 0.324. The highest BCUT2D eigenvalue weighted by atomic mass is 32.2. The normalized spacial score (nSPS) is 15.1. The molecule has 1 unspecified atom stereocenters. The molecule has 1 amide bonds. The largest absolute Gasteiger partial charge is 0.480 e. The fourth-order valence-electron chi connectivity index (χ4n) is 5.01. The number of unbranched alkanes of at least 4 members (excludes halogenated alkanes) is 1. The van der Waals surface area contributed by atoms with Gasteiger partial charge in [-0.3, -0.25) is 4.79 Å². The number of hydrogen-bond donors (Lipinski definition) is 2. The molecule has 2 aromatic carbocycles. The molecule has 1 saturated carbocycles. The number of hydrogen-bond acceptors (Lipinski definition) is 3. The number of carboxylic acid groups (broad SMARTS) is 1. The molecule has 184 valence electrons. The van der Waals surface area contributed by atoms with Crippen LogP contribution in [0.25, 0.3) is 11.1 Å². The number of benzene rings is 2. The Hall–Kier alpha value is -2.27. The van der Waals surface area contributed by atoms with Crippen molar-refractivity contribution in [1.29, 1.82) is 0 Å². The van der Waals surface area contributed by atoms with Crippen LogP contribution in [-0.4, -0.2) is 35.0 Å². The first-order valence-corrected chi connectivity index (χ1v) is 14.1. The number of carboxylic acids is 1. The SMILES string of the molecule is CSCCC(NC(=O)c1ccc(CCCCC2CCCCC2)cc1-c1ccccc1C)C(=O)O. The molecule has 0 aromatic heterocycles. The average molecular weight is 482 g/mol. The summed E-state index contributed by atoms with van der Waals surface area (Å²) in [6, 6.07) is 13.2. The van der Waals surface area contributed by atoms with Crippen LogP contribution in [0.15, 0.2) is 42.5 Å². The lowest BCUT2D eigenvalue weighted by Crippen LogP contribution is -2.41. The molecular formula is C29H39NO3S. The number of carbonyl (C=O) groups is 2. The molecule has 4 nitrogen and oxygen atoms in total. The van der Waals surface area contributed by atoms with Gasteiger partial charge in [0.1, 0.15) is 6.04 Å². The second-order valence-electron chi connectivity index (χ2n) is 9.59. The van der Waals surface area contributed by atoms with Gasteiger partial charge in [0.25, 0.3) is 5.91 Å². The summed E-state index contributed by atoms with van der Waals surface area (Å²) < 4.78 is 0. The lowest BCUT2D eigenvalue weighted by atomic mass is 9.85. The minimum Gasteiger partial charge on any atom is -0.480 e. The summed E-state index contributed by atoms with van der Waals surface area (Å²) in [6.45, 7) is 2.05. The molecule has 3 rings (SSSR count). The van der Waals surface area contributed by atoms with E-state index in [9.17, 15) is 14.7 Å². The van der Waals surface area contributed by atoms with Crippen molar-refractivity contribution >= 4 is 23.6 Å².